The van der Waals surface area contributed by atoms with Crippen LogP contribution in [0.5, 0.6) is 0 Å². The van der Waals surface area contributed by atoms with E-state index in [0.717, 1.165) is 49.7 Å². The van der Waals surface area contributed by atoms with Gasteiger partial charge in [-0.1, -0.05) is 0 Å². The lowest BCUT2D eigenvalue weighted by Gasteiger charge is -2.21. The number of aromatic nitrogens is 2. The summed E-state index contributed by atoms with van der Waals surface area (Å²) in [5.41, 5.74) is 1.98. The molecule has 1 aliphatic rings. The van der Waals surface area contributed by atoms with Crippen LogP contribution in [0, 0.1) is 13.8 Å². The summed E-state index contributed by atoms with van der Waals surface area (Å²) in [6.45, 7) is 5.90. The quantitative estimate of drug-likeness (QED) is 0.903. The van der Waals surface area contributed by atoms with Gasteiger partial charge in [-0.05, 0) is 39.2 Å². The largest absolute Gasteiger partial charge is 0.375 e. The molecule has 1 saturated heterocycles. The van der Waals surface area contributed by atoms with Crippen molar-refractivity contribution in [2.75, 3.05) is 31.7 Å². The molecule has 0 radical (unpaired) electrons. The Hall–Kier alpha value is -1.69. The Morgan fingerprint density at radius 2 is 2.05 bits per heavy atom. The third-order valence-corrected chi connectivity index (χ3v) is 3.62. The van der Waals surface area contributed by atoms with Crippen molar-refractivity contribution in [2.24, 2.45) is 0 Å². The predicted octanol–water partition coefficient (Wildman–Crippen LogP) is 1.21. The van der Waals surface area contributed by atoms with E-state index in [4.69, 9.17) is 4.74 Å². The average Bonchev–Trinajstić information content (AvgIpc) is 2.63. The Balaban J connectivity index is 1.95. The van der Waals surface area contributed by atoms with Crippen molar-refractivity contribution < 1.29 is 9.53 Å². The number of nitrogens with one attached hydrogen (secondary N) is 1. The van der Waals surface area contributed by atoms with Crippen molar-refractivity contribution in [1.82, 2.24) is 15.3 Å². The first-order valence-corrected chi connectivity index (χ1v) is 7.44. The Morgan fingerprint density at radius 3 is 2.71 bits per heavy atom. The van der Waals surface area contributed by atoms with Crippen LogP contribution in [0.25, 0.3) is 0 Å². The molecule has 1 aromatic rings. The van der Waals surface area contributed by atoms with Gasteiger partial charge in [0.1, 0.15) is 6.61 Å². The minimum Gasteiger partial charge on any atom is -0.375 e. The van der Waals surface area contributed by atoms with Crippen molar-refractivity contribution in [2.45, 2.75) is 39.2 Å². The van der Waals surface area contributed by atoms with E-state index in [-0.39, 0.29) is 18.6 Å². The SMILES string of the molecule is COCC(=O)N[C@H]1CCCN(c2nc(C)cc(C)n2)CC1. The molecular weight excluding hydrogens is 268 g/mol. The second kappa shape index (κ2) is 7.36. The highest BCUT2D eigenvalue weighted by Crippen LogP contribution is 2.17. The lowest BCUT2D eigenvalue weighted by molar-refractivity contribution is -0.125. The first kappa shape index (κ1) is 15.7. The predicted molar refractivity (Wildman–Crippen MR) is 81.4 cm³/mol. The summed E-state index contributed by atoms with van der Waals surface area (Å²) >= 11 is 0. The van der Waals surface area contributed by atoms with E-state index in [9.17, 15) is 4.79 Å². The van der Waals surface area contributed by atoms with E-state index >= 15 is 0 Å². The van der Waals surface area contributed by atoms with E-state index in [0.29, 0.717) is 0 Å². The van der Waals surface area contributed by atoms with Crippen molar-refractivity contribution in [3.05, 3.63) is 17.5 Å². The Morgan fingerprint density at radius 1 is 1.33 bits per heavy atom. The normalized spacial score (nSPS) is 19.2. The summed E-state index contributed by atoms with van der Waals surface area (Å²) in [6.07, 6.45) is 2.91. The smallest absolute Gasteiger partial charge is 0.246 e. The topological polar surface area (TPSA) is 67.3 Å². The molecule has 0 unspecified atom stereocenters. The lowest BCUT2D eigenvalue weighted by atomic mass is 10.1. The molecule has 0 aromatic carbocycles. The van der Waals surface area contributed by atoms with E-state index in [1.807, 2.05) is 19.9 Å². The van der Waals surface area contributed by atoms with Gasteiger partial charge in [0.15, 0.2) is 0 Å². The van der Waals surface area contributed by atoms with Crippen LogP contribution in [-0.2, 0) is 9.53 Å². The molecule has 1 N–H and O–H groups in total. The number of carbonyl (C=O) groups excluding carboxylic acids is 1. The van der Waals surface area contributed by atoms with Crippen LogP contribution in [0.2, 0.25) is 0 Å². The number of ether oxygens (including phenoxy) is 1. The van der Waals surface area contributed by atoms with E-state index in [2.05, 4.69) is 20.2 Å². The van der Waals surface area contributed by atoms with Crippen LogP contribution >= 0.6 is 0 Å². The zero-order valence-corrected chi connectivity index (χ0v) is 13.1. The number of rotatable bonds is 4. The van der Waals surface area contributed by atoms with Gasteiger partial charge in [-0.3, -0.25) is 4.79 Å². The molecule has 0 saturated carbocycles. The first-order valence-electron chi connectivity index (χ1n) is 7.44. The molecule has 1 aromatic heterocycles. The number of carbonyl (C=O) groups is 1. The molecule has 6 heteroatoms. The number of hydrogen-bond acceptors (Lipinski definition) is 5. The van der Waals surface area contributed by atoms with Crippen molar-refractivity contribution in [3.8, 4) is 0 Å². The van der Waals surface area contributed by atoms with E-state index in [1.165, 1.54) is 7.11 Å². The molecule has 1 amide bonds. The number of anilines is 1. The number of amides is 1. The zero-order chi connectivity index (χ0) is 15.2. The summed E-state index contributed by atoms with van der Waals surface area (Å²) in [5.74, 6) is 0.759. The second-order valence-corrected chi connectivity index (χ2v) is 5.57. The number of nitrogens with zero attached hydrogens (tertiary/aromatic N) is 3. The number of aryl methyl sites for hydroxylation is 2. The molecule has 0 bridgehead atoms. The van der Waals surface area contributed by atoms with Crippen molar-refractivity contribution in [1.29, 1.82) is 0 Å². The third-order valence-electron chi connectivity index (χ3n) is 3.62. The molecular formula is C15H24N4O2. The molecule has 6 nitrogen and oxygen atoms in total. The maximum atomic E-state index is 11.6. The average molecular weight is 292 g/mol. The maximum Gasteiger partial charge on any atom is 0.246 e. The molecule has 21 heavy (non-hydrogen) atoms. The molecule has 1 aliphatic heterocycles. The van der Waals surface area contributed by atoms with Crippen LogP contribution in [-0.4, -0.2) is 48.7 Å². The van der Waals surface area contributed by atoms with Crippen molar-refractivity contribution >= 4 is 11.9 Å². The van der Waals surface area contributed by atoms with Gasteiger partial charge in [-0.2, -0.15) is 0 Å². The fourth-order valence-electron chi connectivity index (χ4n) is 2.69. The van der Waals surface area contributed by atoms with Gasteiger partial charge < -0.3 is 15.0 Å². The standard InChI is InChI=1S/C15H24N4O2/c1-11-9-12(2)17-15(16-11)19-7-4-5-13(6-8-19)18-14(20)10-21-3/h9,13H,4-8,10H2,1-3H3,(H,18,20)/t13-/m0/s1. The Kier molecular flexibility index (Phi) is 5.50. The summed E-state index contributed by atoms with van der Waals surface area (Å²) in [5, 5.41) is 3.02. The van der Waals surface area contributed by atoms with Gasteiger partial charge in [0.2, 0.25) is 11.9 Å². The highest BCUT2D eigenvalue weighted by Gasteiger charge is 2.20. The van der Waals surface area contributed by atoms with Gasteiger partial charge >= 0.3 is 0 Å². The number of methoxy groups -OCH3 is 1. The summed E-state index contributed by atoms with van der Waals surface area (Å²) in [4.78, 5) is 22.8. The van der Waals surface area contributed by atoms with E-state index < -0.39 is 0 Å². The zero-order valence-electron chi connectivity index (χ0n) is 13.1. The van der Waals surface area contributed by atoms with Gasteiger partial charge in [-0.15, -0.1) is 0 Å². The van der Waals surface area contributed by atoms with Crippen LogP contribution in [0.1, 0.15) is 30.7 Å². The Bertz CT molecular complexity index is 472. The molecule has 0 spiro atoms. The maximum absolute atomic E-state index is 11.6. The lowest BCUT2D eigenvalue weighted by Crippen LogP contribution is -2.37. The summed E-state index contributed by atoms with van der Waals surface area (Å²) < 4.78 is 4.85. The molecule has 2 heterocycles. The molecule has 116 valence electrons. The fraction of sp³-hybridized carbons (Fsp3) is 0.667. The fourth-order valence-corrected chi connectivity index (χ4v) is 2.69. The van der Waals surface area contributed by atoms with Gasteiger partial charge in [-0.25, -0.2) is 9.97 Å². The molecule has 1 fully saturated rings. The highest BCUT2D eigenvalue weighted by atomic mass is 16.5. The monoisotopic (exact) mass is 292 g/mol. The summed E-state index contributed by atoms with van der Waals surface area (Å²) in [6, 6.07) is 2.19. The first-order chi connectivity index (χ1) is 10.1. The van der Waals surface area contributed by atoms with Crippen LogP contribution < -0.4 is 10.2 Å². The van der Waals surface area contributed by atoms with Crippen LogP contribution in [0.3, 0.4) is 0 Å². The van der Waals surface area contributed by atoms with Gasteiger partial charge in [0.25, 0.3) is 0 Å². The van der Waals surface area contributed by atoms with Gasteiger partial charge in [0, 0.05) is 37.6 Å². The number of hydrogen-bond donors (Lipinski definition) is 1. The third kappa shape index (κ3) is 4.67. The second-order valence-electron chi connectivity index (χ2n) is 5.57. The van der Waals surface area contributed by atoms with Gasteiger partial charge in [0.05, 0.1) is 0 Å². The molecule has 1 atom stereocenters. The van der Waals surface area contributed by atoms with E-state index in [1.54, 1.807) is 0 Å². The minimum atomic E-state index is -0.0430. The van der Waals surface area contributed by atoms with Crippen molar-refractivity contribution in [3.63, 3.8) is 0 Å². The van der Waals surface area contributed by atoms with Crippen LogP contribution in [0.15, 0.2) is 6.07 Å². The van der Waals surface area contributed by atoms with Crippen LogP contribution in [0.4, 0.5) is 5.95 Å². The minimum absolute atomic E-state index is 0.0430. The highest BCUT2D eigenvalue weighted by molar-refractivity contribution is 5.77. The Labute approximate surface area is 125 Å². The molecule has 2 rings (SSSR count). The summed E-state index contributed by atoms with van der Waals surface area (Å²) in [7, 11) is 1.53. The molecule has 0 aliphatic carbocycles.